The number of nitrogens with zero attached hydrogens (tertiary/aromatic N) is 2. The van der Waals surface area contributed by atoms with Crippen LogP contribution >= 0.6 is 0 Å². The first-order chi connectivity index (χ1) is 19.9. The molecule has 1 unspecified atom stereocenters. The molecule has 2 heterocycles. The highest BCUT2D eigenvalue weighted by atomic mass is 16.2. The van der Waals surface area contributed by atoms with Crippen LogP contribution in [0.5, 0.6) is 0 Å². The fourth-order valence-corrected chi connectivity index (χ4v) is 6.29. The molecule has 4 aromatic rings. The zero-order valence-electron chi connectivity index (χ0n) is 23.2. The van der Waals surface area contributed by atoms with E-state index in [9.17, 15) is 14.4 Å². The van der Waals surface area contributed by atoms with Crippen molar-refractivity contribution in [2.75, 3.05) is 23.8 Å². The van der Waals surface area contributed by atoms with Crippen LogP contribution in [0, 0.1) is 0 Å². The van der Waals surface area contributed by atoms with Gasteiger partial charge in [-0.1, -0.05) is 66.7 Å². The van der Waals surface area contributed by atoms with Gasteiger partial charge in [-0.05, 0) is 78.8 Å². The quantitative estimate of drug-likeness (QED) is 0.316. The maximum atomic E-state index is 13.8. The Kier molecular flexibility index (Phi) is 7.14. The summed E-state index contributed by atoms with van der Waals surface area (Å²) in [6.45, 7) is 0.530. The van der Waals surface area contributed by atoms with Gasteiger partial charge in [0.15, 0.2) is 0 Å². The Hall–Kier alpha value is -4.71. The topological polar surface area (TPSA) is 69.7 Å². The van der Waals surface area contributed by atoms with E-state index in [1.807, 2.05) is 89.6 Å². The van der Waals surface area contributed by atoms with Gasteiger partial charge in [0, 0.05) is 48.1 Å². The second-order valence-electron chi connectivity index (χ2n) is 11.0. The van der Waals surface area contributed by atoms with Gasteiger partial charge in [0.05, 0.1) is 0 Å². The fraction of sp³-hybridized carbons (Fsp3) is 0.229. The van der Waals surface area contributed by atoms with Gasteiger partial charge in [-0.2, -0.15) is 0 Å². The number of fused-ring (bicyclic) bond motifs is 1. The molecule has 6 rings (SSSR count). The number of carbonyl (C=O) groups excluding carboxylic acids is 3. The van der Waals surface area contributed by atoms with E-state index in [0.29, 0.717) is 29.8 Å². The number of benzene rings is 4. The minimum absolute atomic E-state index is 0.0911. The van der Waals surface area contributed by atoms with E-state index in [2.05, 4.69) is 11.4 Å². The Morgan fingerprint density at radius 3 is 2.32 bits per heavy atom. The van der Waals surface area contributed by atoms with Gasteiger partial charge >= 0.3 is 0 Å². The number of hydrogen-bond acceptors (Lipinski definition) is 3. The molecular formula is C35H33N3O3. The van der Waals surface area contributed by atoms with Gasteiger partial charge in [0.2, 0.25) is 5.91 Å². The van der Waals surface area contributed by atoms with E-state index in [1.54, 1.807) is 24.3 Å². The van der Waals surface area contributed by atoms with Crippen LogP contribution in [0.1, 0.15) is 52.0 Å². The molecule has 3 amide bonds. The summed E-state index contributed by atoms with van der Waals surface area (Å²) in [6.07, 6.45) is 3.87. The van der Waals surface area contributed by atoms with Gasteiger partial charge in [-0.15, -0.1) is 0 Å². The molecule has 0 aromatic heterocycles. The Morgan fingerprint density at radius 1 is 0.805 bits per heavy atom. The summed E-state index contributed by atoms with van der Waals surface area (Å²) < 4.78 is 0. The normalized spacial score (nSPS) is 18.5. The number of para-hydroxylation sites is 1. The molecule has 0 bridgehead atoms. The van der Waals surface area contributed by atoms with Gasteiger partial charge in [0.1, 0.15) is 0 Å². The van der Waals surface area contributed by atoms with Crippen molar-refractivity contribution in [2.45, 2.75) is 37.6 Å². The van der Waals surface area contributed by atoms with Crippen molar-refractivity contribution < 1.29 is 14.4 Å². The number of likely N-dealkylation sites (tertiary alicyclic amines) is 1. The summed E-state index contributed by atoms with van der Waals surface area (Å²) in [7, 11) is 1.91. The summed E-state index contributed by atoms with van der Waals surface area (Å²) >= 11 is 0. The van der Waals surface area contributed by atoms with Gasteiger partial charge < -0.3 is 15.1 Å². The fourth-order valence-electron chi connectivity index (χ4n) is 6.29. The molecule has 6 nitrogen and oxygen atoms in total. The van der Waals surface area contributed by atoms with Crippen LogP contribution in [0.15, 0.2) is 103 Å². The molecule has 1 fully saturated rings. The maximum absolute atomic E-state index is 13.8. The van der Waals surface area contributed by atoms with Gasteiger partial charge in [-0.25, -0.2) is 0 Å². The minimum Gasteiger partial charge on any atom is -0.340 e. The van der Waals surface area contributed by atoms with Crippen LogP contribution in [-0.2, 0) is 11.2 Å². The van der Waals surface area contributed by atoms with E-state index in [1.165, 1.54) is 0 Å². The number of anilines is 2. The lowest BCUT2D eigenvalue weighted by Crippen LogP contribution is -2.54. The summed E-state index contributed by atoms with van der Waals surface area (Å²) in [5.41, 5.74) is 5.29. The summed E-state index contributed by atoms with van der Waals surface area (Å²) in [6, 6.07) is 32.5. The maximum Gasteiger partial charge on any atom is 0.258 e. The molecule has 206 valence electrons. The van der Waals surface area contributed by atoms with Crippen LogP contribution in [0.3, 0.4) is 0 Å². The lowest BCUT2D eigenvalue weighted by Gasteiger charge is -2.45. The van der Waals surface area contributed by atoms with Crippen LogP contribution in [0.4, 0.5) is 11.4 Å². The highest BCUT2D eigenvalue weighted by Crippen LogP contribution is 2.40. The first kappa shape index (κ1) is 26.5. The SMILES string of the molecule is CN1C(=O)CCCC12CCN(C(=O)c1ccc(NC(=O)c3ccccc3-c3ccccc3)cc1)c1ccccc1C2. The predicted molar refractivity (Wildman–Crippen MR) is 162 cm³/mol. The average molecular weight is 544 g/mol. The molecule has 1 atom stereocenters. The molecule has 0 radical (unpaired) electrons. The van der Waals surface area contributed by atoms with E-state index in [4.69, 9.17) is 0 Å². The molecule has 1 saturated heterocycles. The lowest BCUT2D eigenvalue weighted by atomic mass is 9.79. The first-order valence-corrected chi connectivity index (χ1v) is 14.2. The van der Waals surface area contributed by atoms with Crippen LogP contribution in [0.25, 0.3) is 11.1 Å². The summed E-state index contributed by atoms with van der Waals surface area (Å²) in [4.78, 5) is 43.5. The lowest BCUT2D eigenvalue weighted by molar-refractivity contribution is -0.139. The van der Waals surface area contributed by atoms with E-state index in [0.717, 1.165) is 48.1 Å². The predicted octanol–water partition coefficient (Wildman–Crippen LogP) is 6.58. The van der Waals surface area contributed by atoms with E-state index in [-0.39, 0.29) is 23.3 Å². The molecule has 0 aliphatic carbocycles. The van der Waals surface area contributed by atoms with E-state index < -0.39 is 0 Å². The van der Waals surface area contributed by atoms with Crippen molar-refractivity contribution in [1.29, 1.82) is 0 Å². The van der Waals surface area contributed by atoms with Crippen molar-refractivity contribution in [2.24, 2.45) is 0 Å². The highest BCUT2D eigenvalue weighted by molar-refractivity contribution is 6.10. The van der Waals surface area contributed by atoms with Crippen molar-refractivity contribution in [3.8, 4) is 11.1 Å². The Balaban J connectivity index is 1.22. The Labute approximate surface area is 240 Å². The van der Waals surface area contributed by atoms with Crippen molar-refractivity contribution >= 4 is 29.1 Å². The third-order valence-electron chi connectivity index (χ3n) is 8.61. The van der Waals surface area contributed by atoms with Crippen LogP contribution in [-0.4, -0.2) is 41.8 Å². The molecule has 0 saturated carbocycles. The standard InChI is InChI=1S/C35H33N3O3/c1-37-32(39)16-9-21-35(37)22-23-38(31-15-8-5-12-27(31)24-35)34(41)26-17-19-28(20-18-26)36-33(40)30-14-7-6-13-29(30)25-10-3-2-4-11-25/h2-8,10-15,17-20H,9,16,21-24H2,1H3,(H,36,40). The molecule has 1 spiro atoms. The molecule has 1 N–H and O–H groups in total. The number of piperidine rings is 1. The second-order valence-corrected chi connectivity index (χ2v) is 11.0. The number of carbonyl (C=O) groups is 3. The van der Waals surface area contributed by atoms with Crippen LogP contribution in [0.2, 0.25) is 0 Å². The number of amides is 3. The van der Waals surface area contributed by atoms with Crippen LogP contribution < -0.4 is 10.2 Å². The molecule has 4 aromatic carbocycles. The number of likely N-dealkylation sites (N-methyl/N-ethyl adjacent to an activating group) is 1. The van der Waals surface area contributed by atoms with E-state index >= 15 is 0 Å². The summed E-state index contributed by atoms with van der Waals surface area (Å²) in [5, 5.41) is 2.99. The van der Waals surface area contributed by atoms with Crippen molar-refractivity contribution in [3.63, 3.8) is 0 Å². The molecular weight excluding hydrogens is 510 g/mol. The smallest absolute Gasteiger partial charge is 0.258 e. The second kappa shape index (κ2) is 11.0. The largest absolute Gasteiger partial charge is 0.340 e. The third kappa shape index (κ3) is 5.13. The van der Waals surface area contributed by atoms with Crippen molar-refractivity contribution in [3.05, 3.63) is 120 Å². The molecule has 2 aliphatic rings. The summed E-state index contributed by atoms with van der Waals surface area (Å²) in [5.74, 6) is -0.120. The van der Waals surface area contributed by atoms with Crippen molar-refractivity contribution in [1.82, 2.24) is 4.90 Å². The molecule has 2 aliphatic heterocycles. The monoisotopic (exact) mass is 543 g/mol. The highest BCUT2D eigenvalue weighted by Gasteiger charge is 2.43. The Bertz CT molecular complexity index is 1600. The van der Waals surface area contributed by atoms with Gasteiger partial charge in [0.25, 0.3) is 11.8 Å². The average Bonchev–Trinajstić information content (AvgIpc) is 3.17. The zero-order valence-corrected chi connectivity index (χ0v) is 23.2. The zero-order chi connectivity index (χ0) is 28.4. The van der Waals surface area contributed by atoms with Gasteiger partial charge in [-0.3, -0.25) is 14.4 Å². The number of hydrogen-bond donors (Lipinski definition) is 1. The molecule has 41 heavy (non-hydrogen) atoms. The number of rotatable bonds is 4. The first-order valence-electron chi connectivity index (χ1n) is 14.2. The Morgan fingerprint density at radius 2 is 1.51 bits per heavy atom. The third-order valence-corrected chi connectivity index (χ3v) is 8.61. The minimum atomic E-state index is -0.273. The molecule has 6 heteroatoms. The number of nitrogens with one attached hydrogen (secondary N) is 1.